The maximum Gasteiger partial charge on any atom is 0.157 e. The van der Waals surface area contributed by atoms with Crippen molar-refractivity contribution in [2.75, 3.05) is 0 Å². The molecule has 2 N–H and O–H groups in total. The summed E-state index contributed by atoms with van der Waals surface area (Å²) in [5, 5.41) is 0. The van der Waals surface area contributed by atoms with Gasteiger partial charge in [-0.2, -0.15) is 0 Å². The molecular weight excluding hydrogens is 583 g/mol. The minimum absolute atomic E-state index is 0.412. The van der Waals surface area contributed by atoms with Crippen LogP contribution in [-0.2, 0) is 6.54 Å². The minimum atomic E-state index is 0.412. The van der Waals surface area contributed by atoms with Crippen molar-refractivity contribution in [2.45, 2.75) is 6.54 Å². The molecule has 7 aromatic rings. The van der Waals surface area contributed by atoms with Gasteiger partial charge in [-0.15, -0.1) is 0 Å². The Morgan fingerprint density at radius 2 is 0.896 bits per heavy atom. The Morgan fingerprint density at radius 1 is 0.396 bits per heavy atom. The van der Waals surface area contributed by atoms with Gasteiger partial charge in [-0.1, -0.05) is 176 Å². The van der Waals surface area contributed by atoms with Crippen molar-refractivity contribution in [1.82, 2.24) is 0 Å². The molecule has 230 valence electrons. The summed E-state index contributed by atoms with van der Waals surface area (Å²) in [4.78, 5) is 10.1. The zero-order valence-corrected chi connectivity index (χ0v) is 26.6. The molecule has 0 spiro atoms. The molecule has 0 fully saturated rings. The van der Waals surface area contributed by atoms with Crippen LogP contribution in [-0.4, -0.2) is 11.7 Å². The number of nitrogens with two attached hydrogens (primary N) is 1. The Hall–Kier alpha value is -6.32. The summed E-state index contributed by atoms with van der Waals surface area (Å²) in [5.74, 6) is 1.00. The van der Waals surface area contributed by atoms with E-state index in [4.69, 9.17) is 15.7 Å². The number of hydrogen-bond donors (Lipinski definition) is 1. The molecule has 0 radical (unpaired) electrons. The molecule has 0 atom stereocenters. The second-order valence-electron chi connectivity index (χ2n) is 11.6. The van der Waals surface area contributed by atoms with E-state index >= 15 is 0 Å². The van der Waals surface area contributed by atoms with Crippen molar-refractivity contribution in [3.05, 3.63) is 205 Å². The van der Waals surface area contributed by atoms with Crippen LogP contribution in [0.2, 0.25) is 0 Å². The predicted octanol–water partition coefficient (Wildman–Crippen LogP) is 10.7. The average molecular weight is 618 g/mol. The first-order valence-corrected chi connectivity index (χ1v) is 16.2. The fraction of sp³-hybridized carbons (Fsp3) is 0.0222. The maximum absolute atomic E-state index is 6.84. The summed E-state index contributed by atoms with van der Waals surface area (Å²) in [7, 11) is 0. The summed E-state index contributed by atoms with van der Waals surface area (Å²) in [5.41, 5.74) is 18.8. The van der Waals surface area contributed by atoms with E-state index in [9.17, 15) is 0 Å². The number of hydrogen-bond acceptors (Lipinski definition) is 1. The Kier molecular flexibility index (Phi) is 9.11. The molecule has 0 amide bonds. The quantitative estimate of drug-likeness (QED) is 0.134. The largest absolute Gasteiger partial charge is 0.383 e. The van der Waals surface area contributed by atoms with Crippen molar-refractivity contribution in [3.63, 3.8) is 0 Å². The van der Waals surface area contributed by atoms with Crippen molar-refractivity contribution >= 4 is 11.7 Å². The van der Waals surface area contributed by atoms with Crippen LogP contribution < -0.4 is 5.73 Å². The Balaban J connectivity index is 1.28. The monoisotopic (exact) mass is 617 g/mol. The second-order valence-corrected chi connectivity index (χ2v) is 11.6. The molecule has 0 saturated carbocycles. The van der Waals surface area contributed by atoms with Gasteiger partial charge in [0.2, 0.25) is 0 Å². The van der Waals surface area contributed by atoms with Gasteiger partial charge in [0.1, 0.15) is 5.84 Å². The van der Waals surface area contributed by atoms with E-state index in [1.54, 1.807) is 0 Å². The van der Waals surface area contributed by atoms with Gasteiger partial charge in [-0.3, -0.25) is 4.99 Å². The molecule has 7 rings (SSSR count). The molecule has 0 unspecified atom stereocenters. The van der Waals surface area contributed by atoms with Crippen LogP contribution in [0.4, 0.5) is 0 Å². The number of benzene rings is 7. The van der Waals surface area contributed by atoms with Gasteiger partial charge in [0.25, 0.3) is 0 Å². The maximum atomic E-state index is 6.84. The highest BCUT2D eigenvalue weighted by Gasteiger charge is 2.12. The third kappa shape index (κ3) is 7.06. The molecule has 0 bridgehead atoms. The molecule has 0 heterocycles. The lowest BCUT2D eigenvalue weighted by molar-refractivity contribution is 1.06. The average Bonchev–Trinajstić information content (AvgIpc) is 3.18. The second kappa shape index (κ2) is 14.4. The van der Waals surface area contributed by atoms with Crippen molar-refractivity contribution < 1.29 is 0 Å². The third-order valence-corrected chi connectivity index (χ3v) is 8.41. The van der Waals surface area contributed by atoms with Crippen LogP contribution >= 0.6 is 0 Å². The number of amidine groups is 2. The lowest BCUT2D eigenvalue weighted by Crippen LogP contribution is -2.17. The van der Waals surface area contributed by atoms with Crippen molar-refractivity contribution in [3.8, 4) is 44.5 Å². The molecule has 48 heavy (non-hydrogen) atoms. The standard InChI is InChI=1S/C45H35N3/c46-44(40-28-29-42(37-18-9-3-10-19-37)43(31-40)38-20-11-4-12-21-38)48-45(41-23-13-22-39(30-41)35-16-7-2-8-17-35)47-32-33-24-26-36(27-25-33)34-14-5-1-6-15-34/h1-31H,32H2,(H2,46,47,48). The summed E-state index contributed by atoms with van der Waals surface area (Å²) >= 11 is 0. The van der Waals surface area contributed by atoms with Crippen LogP contribution in [0.25, 0.3) is 44.5 Å². The normalized spacial score (nSPS) is 11.8. The molecule has 3 nitrogen and oxygen atoms in total. The first-order chi connectivity index (χ1) is 23.7. The number of rotatable bonds is 8. The number of nitrogens with zero attached hydrogens (tertiary/aromatic N) is 2. The lowest BCUT2D eigenvalue weighted by atomic mass is 9.92. The van der Waals surface area contributed by atoms with Crippen LogP contribution in [0.3, 0.4) is 0 Å². The summed E-state index contributed by atoms with van der Waals surface area (Å²) in [6.45, 7) is 0.471. The Bertz CT molecular complexity index is 2170. The SMILES string of the molecule is NC(=NC(=NCc1ccc(-c2ccccc2)cc1)c1cccc(-c2ccccc2)c1)c1ccc(-c2ccccc2)c(-c2ccccc2)c1. The summed E-state index contributed by atoms with van der Waals surface area (Å²) in [6, 6.07) is 64.8. The van der Waals surface area contributed by atoms with E-state index in [0.29, 0.717) is 18.2 Å². The van der Waals surface area contributed by atoms with Crippen molar-refractivity contribution in [2.24, 2.45) is 15.7 Å². The molecular formula is C45H35N3. The fourth-order valence-electron chi connectivity index (χ4n) is 5.87. The van der Waals surface area contributed by atoms with Gasteiger partial charge < -0.3 is 5.73 Å². The van der Waals surface area contributed by atoms with E-state index in [0.717, 1.165) is 50.1 Å². The molecule has 7 aromatic carbocycles. The number of aliphatic imine (C=N–C) groups is 2. The first-order valence-electron chi connectivity index (χ1n) is 16.2. The van der Waals surface area contributed by atoms with Crippen molar-refractivity contribution in [1.29, 1.82) is 0 Å². The van der Waals surface area contributed by atoms with Gasteiger partial charge in [-0.05, 0) is 62.2 Å². The van der Waals surface area contributed by atoms with Gasteiger partial charge in [0, 0.05) is 11.1 Å². The van der Waals surface area contributed by atoms with E-state index in [1.807, 2.05) is 30.3 Å². The molecule has 3 heteroatoms. The van der Waals surface area contributed by atoms with Gasteiger partial charge in [0.05, 0.1) is 6.54 Å². The molecule has 0 saturated heterocycles. The highest BCUT2D eigenvalue weighted by molar-refractivity contribution is 6.12. The van der Waals surface area contributed by atoms with Gasteiger partial charge in [0.15, 0.2) is 5.84 Å². The van der Waals surface area contributed by atoms with Crippen LogP contribution in [0, 0.1) is 0 Å². The Labute approximate surface area is 282 Å². The summed E-state index contributed by atoms with van der Waals surface area (Å²) in [6.07, 6.45) is 0. The molecule has 0 aliphatic heterocycles. The van der Waals surface area contributed by atoms with E-state index in [-0.39, 0.29) is 0 Å². The zero-order chi connectivity index (χ0) is 32.5. The van der Waals surface area contributed by atoms with E-state index < -0.39 is 0 Å². The predicted molar refractivity (Wildman–Crippen MR) is 202 cm³/mol. The first kappa shape index (κ1) is 30.3. The van der Waals surface area contributed by atoms with Gasteiger partial charge in [-0.25, -0.2) is 4.99 Å². The fourth-order valence-corrected chi connectivity index (χ4v) is 5.87. The third-order valence-electron chi connectivity index (χ3n) is 8.41. The smallest absolute Gasteiger partial charge is 0.157 e. The van der Waals surface area contributed by atoms with Crippen LogP contribution in [0.15, 0.2) is 198 Å². The van der Waals surface area contributed by atoms with Crippen LogP contribution in [0.1, 0.15) is 16.7 Å². The topological polar surface area (TPSA) is 50.7 Å². The molecule has 0 aliphatic carbocycles. The van der Waals surface area contributed by atoms with E-state index in [2.05, 4.69) is 158 Å². The zero-order valence-electron chi connectivity index (χ0n) is 26.6. The molecule has 0 aliphatic rings. The molecule has 0 aromatic heterocycles. The Morgan fingerprint density at radius 3 is 1.50 bits per heavy atom. The highest BCUT2D eigenvalue weighted by Crippen LogP contribution is 2.33. The van der Waals surface area contributed by atoms with Crippen LogP contribution in [0.5, 0.6) is 0 Å². The minimum Gasteiger partial charge on any atom is -0.383 e. The van der Waals surface area contributed by atoms with E-state index in [1.165, 1.54) is 11.1 Å². The lowest BCUT2D eigenvalue weighted by Gasteiger charge is -2.13. The highest BCUT2D eigenvalue weighted by atomic mass is 15.0. The van der Waals surface area contributed by atoms with Gasteiger partial charge >= 0.3 is 0 Å². The summed E-state index contributed by atoms with van der Waals surface area (Å²) < 4.78 is 0.